The van der Waals surface area contributed by atoms with Gasteiger partial charge in [-0.15, -0.1) is 0 Å². The van der Waals surface area contributed by atoms with Gasteiger partial charge in [0.15, 0.2) is 21.4 Å². The van der Waals surface area contributed by atoms with Crippen LogP contribution < -0.4 is 4.74 Å². The maximum Gasteiger partial charge on any atom is 0.179 e. The van der Waals surface area contributed by atoms with Gasteiger partial charge in [-0.05, 0) is 61.5 Å². The lowest BCUT2D eigenvalue weighted by Gasteiger charge is -2.16. The van der Waals surface area contributed by atoms with E-state index in [4.69, 9.17) is 4.74 Å². The third-order valence-corrected chi connectivity index (χ3v) is 6.61. The van der Waals surface area contributed by atoms with Crippen molar-refractivity contribution < 1.29 is 17.5 Å². The van der Waals surface area contributed by atoms with Gasteiger partial charge in [-0.25, -0.2) is 12.8 Å². The fourth-order valence-corrected chi connectivity index (χ4v) is 4.41. The van der Waals surface area contributed by atoms with Crippen LogP contribution in [0.3, 0.4) is 0 Å². The van der Waals surface area contributed by atoms with Gasteiger partial charge in [0.25, 0.3) is 0 Å². The van der Waals surface area contributed by atoms with Crippen molar-refractivity contribution in [1.82, 2.24) is 0 Å². The molecule has 0 saturated heterocycles. The Hall–Kier alpha value is -1.36. The summed E-state index contributed by atoms with van der Waals surface area (Å²) in [7, 11) is -3.49. The molecule has 1 aromatic rings. The minimum Gasteiger partial charge on any atom is -0.490 e. The molecule has 0 N–H and O–H groups in total. The minimum atomic E-state index is -3.49. The van der Waals surface area contributed by atoms with Gasteiger partial charge in [0.1, 0.15) is 0 Å². The minimum absolute atomic E-state index is 0.0104. The number of sulfone groups is 1. The first kappa shape index (κ1) is 21.9. The van der Waals surface area contributed by atoms with Gasteiger partial charge in [0, 0.05) is 6.07 Å². The van der Waals surface area contributed by atoms with E-state index in [1.807, 2.05) is 13.0 Å². The van der Waals surface area contributed by atoms with Crippen LogP contribution in [0.15, 0.2) is 35.2 Å². The highest BCUT2D eigenvalue weighted by atomic mass is 32.2. The molecule has 5 heteroatoms. The quantitative estimate of drug-likeness (QED) is 0.285. The Morgan fingerprint density at radius 3 is 2.63 bits per heavy atom. The van der Waals surface area contributed by atoms with Crippen molar-refractivity contribution in [3.05, 3.63) is 36.2 Å². The van der Waals surface area contributed by atoms with Crippen LogP contribution in [0.5, 0.6) is 5.75 Å². The predicted octanol–water partition coefficient (Wildman–Crippen LogP) is 5.80. The van der Waals surface area contributed by atoms with Crippen molar-refractivity contribution in [2.75, 3.05) is 12.4 Å². The summed E-state index contributed by atoms with van der Waals surface area (Å²) in [5.74, 6) is -0.0791. The van der Waals surface area contributed by atoms with Crippen LogP contribution >= 0.6 is 0 Å². The fraction of sp³-hybridized carbons (Fsp3) is 0.636. The average Bonchev–Trinajstić information content (AvgIpc) is 3.36. The molecule has 0 aromatic heterocycles. The number of allylic oxidation sites excluding steroid dienone is 2. The average molecular weight is 397 g/mol. The number of rotatable bonds is 10. The number of benzene rings is 1. The smallest absolute Gasteiger partial charge is 0.179 e. The zero-order valence-corrected chi connectivity index (χ0v) is 17.8. The maximum atomic E-state index is 13.9. The predicted molar refractivity (Wildman–Crippen MR) is 108 cm³/mol. The van der Waals surface area contributed by atoms with Crippen molar-refractivity contribution in [2.45, 2.75) is 64.7 Å². The zero-order chi connectivity index (χ0) is 20.1. The van der Waals surface area contributed by atoms with Crippen LogP contribution in [0.2, 0.25) is 0 Å². The molecule has 1 aliphatic rings. The third-order valence-electron chi connectivity index (χ3n) is 4.68. The van der Waals surface area contributed by atoms with E-state index < -0.39 is 15.7 Å². The van der Waals surface area contributed by atoms with E-state index >= 15 is 0 Å². The van der Waals surface area contributed by atoms with Crippen molar-refractivity contribution >= 4 is 9.84 Å². The molecule has 0 radical (unpaired) electrons. The van der Waals surface area contributed by atoms with Gasteiger partial charge in [0.05, 0.1) is 17.3 Å². The van der Waals surface area contributed by atoms with Gasteiger partial charge in [-0.3, -0.25) is 0 Å². The van der Waals surface area contributed by atoms with Gasteiger partial charge in [-0.2, -0.15) is 0 Å². The molecule has 0 spiro atoms. The molecule has 0 aliphatic heterocycles. The van der Waals surface area contributed by atoms with Crippen LogP contribution in [-0.4, -0.2) is 20.8 Å². The summed E-state index contributed by atoms with van der Waals surface area (Å²) in [5.41, 5.74) is 0.324. The molecule has 27 heavy (non-hydrogen) atoms. The first-order valence-corrected chi connectivity index (χ1v) is 11.5. The Morgan fingerprint density at radius 2 is 2.00 bits per heavy atom. The first-order chi connectivity index (χ1) is 12.6. The third kappa shape index (κ3) is 8.04. The highest BCUT2D eigenvalue weighted by Crippen LogP contribution is 2.31. The van der Waals surface area contributed by atoms with E-state index in [1.54, 1.807) is 0 Å². The molecule has 0 bridgehead atoms. The molecule has 1 aliphatic carbocycles. The molecular weight excluding hydrogens is 363 g/mol. The van der Waals surface area contributed by atoms with E-state index in [0.717, 1.165) is 32.1 Å². The van der Waals surface area contributed by atoms with Gasteiger partial charge in [0.2, 0.25) is 0 Å². The second-order valence-electron chi connectivity index (χ2n) is 8.99. The summed E-state index contributed by atoms with van der Waals surface area (Å²) in [4.78, 5) is 0.127. The summed E-state index contributed by atoms with van der Waals surface area (Å²) in [6.45, 7) is 9.01. The van der Waals surface area contributed by atoms with Crippen LogP contribution in [-0.2, 0) is 9.84 Å². The Labute approximate surface area is 163 Å². The van der Waals surface area contributed by atoms with E-state index in [1.165, 1.54) is 18.2 Å². The molecular formula is C22H33FO3S. The normalized spacial score (nSPS) is 16.6. The maximum absolute atomic E-state index is 13.9. The first-order valence-electron chi connectivity index (χ1n) is 9.88. The van der Waals surface area contributed by atoms with Crippen molar-refractivity contribution in [1.29, 1.82) is 0 Å². The van der Waals surface area contributed by atoms with E-state index in [-0.39, 0.29) is 22.3 Å². The second kappa shape index (κ2) is 9.22. The largest absolute Gasteiger partial charge is 0.490 e. The van der Waals surface area contributed by atoms with Crippen LogP contribution in [0.4, 0.5) is 4.39 Å². The molecule has 1 atom stereocenters. The summed E-state index contributed by atoms with van der Waals surface area (Å²) in [5, 5.41) is 0. The topological polar surface area (TPSA) is 43.4 Å². The molecule has 0 unspecified atom stereocenters. The van der Waals surface area contributed by atoms with Gasteiger partial charge in [-0.1, -0.05) is 39.8 Å². The number of halogens is 1. The highest BCUT2D eigenvalue weighted by Gasteiger charge is 2.24. The van der Waals surface area contributed by atoms with Crippen LogP contribution in [0.25, 0.3) is 0 Å². The molecule has 152 valence electrons. The number of hydrogen-bond donors (Lipinski definition) is 0. The molecule has 1 saturated carbocycles. The summed E-state index contributed by atoms with van der Waals surface area (Å²) in [6.07, 6.45) is 9.42. The molecule has 1 fully saturated rings. The van der Waals surface area contributed by atoms with Crippen LogP contribution in [0, 0.1) is 23.1 Å². The fourth-order valence-electron chi connectivity index (χ4n) is 2.86. The molecule has 3 nitrogen and oxygen atoms in total. The standard InChI is InChI=1S/C22H33FO3S/c1-17(8-6-5-7-13-22(2,3)4)16-27(24,25)19-11-12-20(23)21(14-19)26-15-18-9-10-18/h6,8,11-12,14,17-18H,5,7,9-10,13,15-16H2,1-4H3/b8-6+/t17-/m0/s1. The monoisotopic (exact) mass is 396 g/mol. The van der Waals surface area contributed by atoms with E-state index in [0.29, 0.717) is 17.9 Å². The lowest BCUT2D eigenvalue weighted by molar-refractivity contribution is 0.284. The van der Waals surface area contributed by atoms with Crippen molar-refractivity contribution in [3.63, 3.8) is 0 Å². The SMILES string of the molecule is C[C@@H](/C=C/CCCC(C)(C)C)CS(=O)(=O)c1ccc(F)c(OCC2CC2)c1. The number of unbranched alkanes of at least 4 members (excludes halogenated alkanes) is 1. The number of ether oxygens (including phenoxy) is 1. The van der Waals surface area contributed by atoms with Crippen molar-refractivity contribution in [3.8, 4) is 5.75 Å². The van der Waals surface area contributed by atoms with Gasteiger partial charge < -0.3 is 4.74 Å². The zero-order valence-electron chi connectivity index (χ0n) is 17.0. The summed E-state index contributed by atoms with van der Waals surface area (Å²) < 4.78 is 44.7. The lowest BCUT2D eigenvalue weighted by atomic mass is 9.90. The second-order valence-corrected chi connectivity index (χ2v) is 11.0. The van der Waals surface area contributed by atoms with Crippen LogP contribution in [0.1, 0.15) is 59.8 Å². The molecule has 0 amide bonds. The highest BCUT2D eigenvalue weighted by molar-refractivity contribution is 7.91. The summed E-state index contributed by atoms with van der Waals surface area (Å²) >= 11 is 0. The number of hydrogen-bond acceptors (Lipinski definition) is 3. The Balaban J connectivity index is 1.91. The van der Waals surface area contributed by atoms with E-state index in [9.17, 15) is 12.8 Å². The van der Waals surface area contributed by atoms with E-state index in [2.05, 4.69) is 26.8 Å². The Kier molecular flexibility index (Phi) is 7.49. The summed E-state index contributed by atoms with van der Waals surface area (Å²) in [6, 6.07) is 3.84. The van der Waals surface area contributed by atoms with Crippen molar-refractivity contribution in [2.24, 2.45) is 17.3 Å². The van der Waals surface area contributed by atoms with Gasteiger partial charge >= 0.3 is 0 Å². The lowest BCUT2D eigenvalue weighted by Crippen LogP contribution is -2.13. The Bertz CT molecular complexity index is 743. The molecule has 1 aromatic carbocycles. The molecule has 0 heterocycles. The Morgan fingerprint density at radius 1 is 1.30 bits per heavy atom. The molecule has 2 rings (SSSR count).